The van der Waals surface area contributed by atoms with Crippen molar-refractivity contribution in [2.75, 3.05) is 18.5 Å². The van der Waals surface area contributed by atoms with E-state index in [1.165, 1.54) is 34.9 Å². The van der Waals surface area contributed by atoms with E-state index in [0.717, 1.165) is 5.52 Å². The van der Waals surface area contributed by atoms with Crippen molar-refractivity contribution in [3.63, 3.8) is 0 Å². The molecule has 1 aromatic carbocycles. The van der Waals surface area contributed by atoms with Gasteiger partial charge in [-0.05, 0) is 73.8 Å². The van der Waals surface area contributed by atoms with Crippen LogP contribution in [0, 0.1) is 6.92 Å². The Bertz CT molecular complexity index is 1160. The number of aryl methyl sites for hydroxylation is 1. The topological polar surface area (TPSA) is 82.3 Å². The summed E-state index contributed by atoms with van der Waals surface area (Å²) in [5.74, 6) is 0.555. The molecule has 3 aromatic rings. The zero-order valence-electron chi connectivity index (χ0n) is 19.8. The van der Waals surface area contributed by atoms with E-state index in [9.17, 15) is 0 Å². The number of ether oxygens (including phenoxy) is 2. The van der Waals surface area contributed by atoms with Crippen molar-refractivity contribution in [1.82, 2.24) is 15.2 Å². The molecule has 2 aliphatic rings. The lowest BCUT2D eigenvalue weighted by molar-refractivity contribution is -0.136. The molecule has 1 saturated heterocycles. The second kappa shape index (κ2) is 7.52. The molecule has 0 spiro atoms. The summed E-state index contributed by atoms with van der Waals surface area (Å²) >= 11 is 0. The summed E-state index contributed by atoms with van der Waals surface area (Å²) in [6.45, 7) is 13.7. The van der Waals surface area contributed by atoms with Gasteiger partial charge in [-0.3, -0.25) is 0 Å². The summed E-state index contributed by atoms with van der Waals surface area (Å²) in [6, 6.07) is 7.06. The first-order valence-corrected chi connectivity index (χ1v) is 11.4. The Kier molecular flexibility index (Phi) is 5.02. The fraction of sp³-hybridized carbons (Fsp3) is 0.560. The molecule has 0 amide bonds. The van der Waals surface area contributed by atoms with Crippen LogP contribution in [0.2, 0.25) is 0 Å². The molecular weight excluding hydrogens is 404 g/mol. The molecule has 0 radical (unpaired) electrons. The molecule has 1 atom stereocenters. The van der Waals surface area contributed by atoms with Crippen LogP contribution in [0.4, 0.5) is 6.01 Å². The van der Waals surface area contributed by atoms with E-state index in [2.05, 4.69) is 55.3 Å². The number of hydrogen-bond acceptors (Lipinski definition) is 7. The van der Waals surface area contributed by atoms with Crippen LogP contribution in [-0.2, 0) is 14.9 Å². The number of rotatable bonds is 5. The van der Waals surface area contributed by atoms with Gasteiger partial charge in [0.15, 0.2) is 5.79 Å². The Morgan fingerprint density at radius 1 is 1.12 bits per heavy atom. The number of anilines is 1. The SMILES string of the molecule is Cc1cc(-c2nnc(NCC3COC(C)(C)O3)o2)nc2c(C(C)(C)C)cc(C3CC3)cc12. The first-order chi connectivity index (χ1) is 15.1. The molecule has 5 rings (SSSR count). The van der Waals surface area contributed by atoms with Crippen LogP contribution in [-0.4, -0.2) is 40.2 Å². The lowest BCUT2D eigenvalue weighted by Gasteiger charge is -2.23. The second-order valence-corrected chi connectivity index (χ2v) is 10.6. The van der Waals surface area contributed by atoms with Crippen molar-refractivity contribution in [2.45, 2.75) is 77.6 Å². The Labute approximate surface area is 188 Å². The van der Waals surface area contributed by atoms with Crippen molar-refractivity contribution < 1.29 is 13.9 Å². The normalized spacial score (nSPS) is 20.8. The summed E-state index contributed by atoms with van der Waals surface area (Å²) in [4.78, 5) is 4.99. The summed E-state index contributed by atoms with van der Waals surface area (Å²) < 4.78 is 17.3. The van der Waals surface area contributed by atoms with Crippen LogP contribution in [0.1, 0.15) is 70.1 Å². The quantitative estimate of drug-likeness (QED) is 0.579. The fourth-order valence-corrected chi connectivity index (χ4v) is 4.31. The standard InChI is InChI=1S/C25H32N4O3/c1-14-9-20(22-28-29-23(31-22)26-12-17-13-30-25(5,6)32-17)27-21-18(14)10-16(15-7-8-15)11-19(21)24(2,3)4/h9-11,15,17H,7-8,12-13H2,1-6H3,(H,26,29). The van der Waals surface area contributed by atoms with Crippen LogP contribution < -0.4 is 5.32 Å². The van der Waals surface area contributed by atoms with Crippen LogP contribution >= 0.6 is 0 Å². The van der Waals surface area contributed by atoms with Gasteiger partial charge in [0.1, 0.15) is 11.8 Å². The molecule has 1 unspecified atom stereocenters. The molecule has 7 heteroatoms. The average molecular weight is 437 g/mol. The molecule has 2 aromatic heterocycles. The van der Waals surface area contributed by atoms with Crippen LogP contribution in [0.15, 0.2) is 22.6 Å². The third-order valence-electron chi connectivity index (χ3n) is 6.19. The number of pyridine rings is 1. The molecule has 1 saturated carbocycles. The van der Waals surface area contributed by atoms with Crippen molar-refractivity contribution in [3.8, 4) is 11.6 Å². The molecule has 32 heavy (non-hydrogen) atoms. The second-order valence-electron chi connectivity index (χ2n) is 10.6. The average Bonchev–Trinajstić information content (AvgIpc) is 3.35. The van der Waals surface area contributed by atoms with E-state index in [1.54, 1.807) is 0 Å². The zero-order valence-corrected chi connectivity index (χ0v) is 19.8. The number of hydrogen-bond donors (Lipinski definition) is 1. The number of fused-ring (bicyclic) bond motifs is 1. The van der Waals surface area contributed by atoms with Crippen molar-refractivity contribution in [2.24, 2.45) is 0 Å². The molecule has 3 heterocycles. The Morgan fingerprint density at radius 2 is 1.91 bits per heavy atom. The van der Waals surface area contributed by atoms with E-state index in [4.69, 9.17) is 18.9 Å². The third kappa shape index (κ3) is 4.24. The van der Waals surface area contributed by atoms with E-state index in [0.29, 0.717) is 36.7 Å². The smallest absolute Gasteiger partial charge is 0.315 e. The minimum atomic E-state index is -0.553. The van der Waals surface area contributed by atoms with Crippen LogP contribution in [0.3, 0.4) is 0 Å². The fourth-order valence-electron chi connectivity index (χ4n) is 4.31. The predicted molar refractivity (Wildman–Crippen MR) is 124 cm³/mol. The maximum Gasteiger partial charge on any atom is 0.315 e. The summed E-state index contributed by atoms with van der Waals surface area (Å²) in [6.07, 6.45) is 2.51. The van der Waals surface area contributed by atoms with E-state index in [1.807, 2.05) is 19.9 Å². The van der Waals surface area contributed by atoms with Crippen molar-refractivity contribution in [1.29, 1.82) is 0 Å². The number of aromatic nitrogens is 3. The Hall–Kier alpha value is -2.51. The zero-order chi connectivity index (χ0) is 22.7. The van der Waals surface area contributed by atoms with Gasteiger partial charge in [0.25, 0.3) is 5.89 Å². The van der Waals surface area contributed by atoms with E-state index < -0.39 is 5.79 Å². The highest BCUT2D eigenvalue weighted by molar-refractivity contribution is 5.88. The van der Waals surface area contributed by atoms with Gasteiger partial charge >= 0.3 is 6.01 Å². The molecule has 7 nitrogen and oxygen atoms in total. The van der Waals surface area contributed by atoms with Crippen LogP contribution in [0.5, 0.6) is 0 Å². The van der Waals surface area contributed by atoms with E-state index in [-0.39, 0.29) is 11.5 Å². The Balaban J connectivity index is 1.44. The molecule has 170 valence electrons. The van der Waals surface area contributed by atoms with Gasteiger partial charge in [0.2, 0.25) is 0 Å². The third-order valence-corrected chi connectivity index (χ3v) is 6.19. The molecule has 1 N–H and O–H groups in total. The maximum absolute atomic E-state index is 5.89. The van der Waals surface area contributed by atoms with Gasteiger partial charge in [0, 0.05) is 11.9 Å². The van der Waals surface area contributed by atoms with E-state index >= 15 is 0 Å². The number of nitrogens with one attached hydrogen (secondary N) is 1. The summed E-state index contributed by atoms with van der Waals surface area (Å²) in [7, 11) is 0. The molecular formula is C25H32N4O3. The first kappa shape index (κ1) is 21.3. The number of benzene rings is 1. The highest BCUT2D eigenvalue weighted by Crippen LogP contribution is 2.44. The van der Waals surface area contributed by atoms with Gasteiger partial charge in [-0.15, -0.1) is 5.10 Å². The number of nitrogens with zero attached hydrogens (tertiary/aromatic N) is 3. The lowest BCUT2D eigenvalue weighted by atomic mass is 9.83. The van der Waals surface area contributed by atoms with Gasteiger partial charge < -0.3 is 19.2 Å². The van der Waals surface area contributed by atoms with Crippen LogP contribution in [0.25, 0.3) is 22.5 Å². The largest absolute Gasteiger partial charge is 0.402 e. The Morgan fingerprint density at radius 3 is 2.56 bits per heavy atom. The molecule has 1 aliphatic carbocycles. The van der Waals surface area contributed by atoms with Gasteiger partial charge in [0.05, 0.1) is 12.1 Å². The monoisotopic (exact) mass is 436 g/mol. The predicted octanol–water partition coefficient (Wildman–Crippen LogP) is 5.33. The lowest BCUT2D eigenvalue weighted by Crippen LogP contribution is -2.26. The highest BCUT2D eigenvalue weighted by Gasteiger charge is 2.33. The summed E-state index contributed by atoms with van der Waals surface area (Å²) in [5, 5.41) is 12.8. The van der Waals surface area contributed by atoms with Crippen molar-refractivity contribution in [3.05, 3.63) is 34.9 Å². The first-order valence-electron chi connectivity index (χ1n) is 11.4. The van der Waals surface area contributed by atoms with Gasteiger partial charge in [-0.2, -0.15) is 0 Å². The highest BCUT2D eigenvalue weighted by atomic mass is 16.7. The van der Waals surface area contributed by atoms with Crippen molar-refractivity contribution >= 4 is 16.9 Å². The minimum absolute atomic E-state index is 0.0140. The molecule has 2 fully saturated rings. The molecule has 0 bridgehead atoms. The summed E-state index contributed by atoms with van der Waals surface area (Å²) in [5.41, 5.74) is 5.57. The molecule has 1 aliphatic heterocycles. The van der Waals surface area contributed by atoms with Gasteiger partial charge in [-0.1, -0.05) is 31.9 Å². The van der Waals surface area contributed by atoms with Gasteiger partial charge in [-0.25, -0.2) is 4.98 Å². The minimum Gasteiger partial charge on any atom is -0.402 e. The maximum atomic E-state index is 5.89.